The van der Waals surface area contributed by atoms with Gasteiger partial charge in [0, 0.05) is 38.1 Å². The third-order valence-electron chi connectivity index (χ3n) is 3.62. The lowest BCUT2D eigenvalue weighted by molar-refractivity contribution is 0.247. The van der Waals surface area contributed by atoms with E-state index in [9.17, 15) is 4.39 Å². The molecule has 106 valence electrons. The Kier molecular flexibility index (Phi) is 3.98. The lowest BCUT2D eigenvalue weighted by atomic mass is 10.2. The number of hydrogen-bond donors (Lipinski definition) is 0. The maximum Gasteiger partial charge on any atom is 0.146 e. The molecular formula is C15H18FN3S. The van der Waals surface area contributed by atoms with Crippen molar-refractivity contribution in [2.75, 3.05) is 31.1 Å². The first-order valence-corrected chi connectivity index (χ1v) is 7.73. The molecule has 1 aromatic heterocycles. The molecule has 2 aromatic rings. The summed E-state index contributed by atoms with van der Waals surface area (Å²) in [6, 6.07) is 7.01. The van der Waals surface area contributed by atoms with Crippen molar-refractivity contribution < 1.29 is 4.39 Å². The molecule has 1 aliphatic heterocycles. The van der Waals surface area contributed by atoms with Crippen molar-refractivity contribution in [3.8, 4) is 0 Å². The van der Waals surface area contributed by atoms with Gasteiger partial charge in [0.2, 0.25) is 0 Å². The van der Waals surface area contributed by atoms with Crippen LogP contribution in [0.2, 0.25) is 0 Å². The molecule has 1 aromatic carbocycles. The van der Waals surface area contributed by atoms with E-state index in [0.29, 0.717) is 0 Å². The number of nitrogens with zero attached hydrogens (tertiary/aromatic N) is 3. The van der Waals surface area contributed by atoms with Crippen molar-refractivity contribution in [2.24, 2.45) is 0 Å². The highest BCUT2D eigenvalue weighted by molar-refractivity contribution is 7.09. The van der Waals surface area contributed by atoms with Gasteiger partial charge in [-0.2, -0.15) is 0 Å². The van der Waals surface area contributed by atoms with E-state index in [2.05, 4.69) is 20.2 Å². The third-order valence-corrected chi connectivity index (χ3v) is 4.44. The molecule has 2 heterocycles. The number of anilines is 1. The standard InChI is InChI=1S/C15H18FN3S/c1-12-17-13(11-20-12)10-18-6-8-19(9-7-18)15-5-3-2-4-14(15)16/h2-5,11H,6-10H2,1H3. The fourth-order valence-corrected chi connectivity index (χ4v) is 3.17. The van der Waals surface area contributed by atoms with E-state index >= 15 is 0 Å². The number of halogens is 1. The molecule has 0 N–H and O–H groups in total. The minimum atomic E-state index is -0.129. The molecule has 1 fully saturated rings. The lowest BCUT2D eigenvalue weighted by Gasteiger charge is -2.35. The summed E-state index contributed by atoms with van der Waals surface area (Å²) in [5, 5.41) is 3.24. The molecule has 0 unspecified atom stereocenters. The van der Waals surface area contributed by atoms with Crippen LogP contribution in [0.4, 0.5) is 10.1 Å². The molecule has 0 atom stereocenters. The Morgan fingerprint density at radius 1 is 1.20 bits per heavy atom. The maximum atomic E-state index is 13.8. The van der Waals surface area contributed by atoms with Gasteiger partial charge in [-0.15, -0.1) is 11.3 Å². The number of aryl methyl sites for hydroxylation is 1. The van der Waals surface area contributed by atoms with E-state index in [0.717, 1.165) is 49.1 Å². The average molecular weight is 291 g/mol. The number of thiazole rings is 1. The molecule has 0 aliphatic carbocycles. The van der Waals surface area contributed by atoms with E-state index in [4.69, 9.17) is 0 Å². The van der Waals surface area contributed by atoms with Crippen LogP contribution in [0.15, 0.2) is 29.6 Å². The maximum absolute atomic E-state index is 13.8. The van der Waals surface area contributed by atoms with Crippen molar-refractivity contribution in [2.45, 2.75) is 13.5 Å². The normalized spacial score (nSPS) is 16.6. The van der Waals surface area contributed by atoms with Gasteiger partial charge in [0.25, 0.3) is 0 Å². The van der Waals surface area contributed by atoms with Crippen molar-refractivity contribution in [3.05, 3.63) is 46.2 Å². The van der Waals surface area contributed by atoms with Crippen molar-refractivity contribution in [3.63, 3.8) is 0 Å². The summed E-state index contributed by atoms with van der Waals surface area (Å²) < 4.78 is 13.8. The zero-order valence-corrected chi connectivity index (χ0v) is 12.4. The second-order valence-electron chi connectivity index (χ2n) is 5.07. The largest absolute Gasteiger partial charge is 0.367 e. The van der Waals surface area contributed by atoms with Crippen LogP contribution in [0.25, 0.3) is 0 Å². The van der Waals surface area contributed by atoms with Gasteiger partial charge in [-0.05, 0) is 19.1 Å². The molecule has 20 heavy (non-hydrogen) atoms. The molecule has 0 amide bonds. The van der Waals surface area contributed by atoms with Crippen LogP contribution in [0.1, 0.15) is 10.7 Å². The minimum absolute atomic E-state index is 0.129. The summed E-state index contributed by atoms with van der Waals surface area (Å²) in [6.45, 7) is 6.56. The minimum Gasteiger partial charge on any atom is -0.367 e. The second kappa shape index (κ2) is 5.89. The Morgan fingerprint density at radius 2 is 1.95 bits per heavy atom. The van der Waals surface area contributed by atoms with E-state index in [1.807, 2.05) is 19.1 Å². The number of rotatable bonds is 3. The Balaban J connectivity index is 1.58. The Morgan fingerprint density at radius 3 is 2.60 bits per heavy atom. The fraction of sp³-hybridized carbons (Fsp3) is 0.400. The van der Waals surface area contributed by atoms with Crippen molar-refractivity contribution in [1.29, 1.82) is 0 Å². The topological polar surface area (TPSA) is 19.4 Å². The van der Waals surface area contributed by atoms with Gasteiger partial charge in [0.05, 0.1) is 16.4 Å². The highest BCUT2D eigenvalue weighted by atomic mass is 32.1. The Labute approximate surface area is 122 Å². The summed E-state index contributed by atoms with van der Waals surface area (Å²) in [5.74, 6) is -0.129. The first kappa shape index (κ1) is 13.5. The molecule has 0 bridgehead atoms. The van der Waals surface area contributed by atoms with Crippen molar-refractivity contribution in [1.82, 2.24) is 9.88 Å². The molecule has 3 nitrogen and oxygen atoms in total. The predicted molar refractivity (Wildman–Crippen MR) is 80.7 cm³/mol. The molecule has 0 spiro atoms. The van der Waals surface area contributed by atoms with Gasteiger partial charge < -0.3 is 4.90 Å². The predicted octanol–water partition coefficient (Wildman–Crippen LogP) is 2.91. The lowest BCUT2D eigenvalue weighted by Crippen LogP contribution is -2.46. The number of hydrogen-bond acceptors (Lipinski definition) is 4. The summed E-state index contributed by atoms with van der Waals surface area (Å²) in [7, 11) is 0. The molecule has 5 heteroatoms. The van der Waals surface area contributed by atoms with Crippen LogP contribution >= 0.6 is 11.3 Å². The number of aromatic nitrogens is 1. The highest BCUT2D eigenvalue weighted by Gasteiger charge is 2.19. The van der Waals surface area contributed by atoms with Crippen molar-refractivity contribution >= 4 is 17.0 Å². The van der Waals surface area contributed by atoms with Crippen LogP contribution in [0, 0.1) is 12.7 Å². The van der Waals surface area contributed by atoms with Gasteiger partial charge >= 0.3 is 0 Å². The molecular weight excluding hydrogens is 273 g/mol. The molecule has 0 radical (unpaired) electrons. The fourth-order valence-electron chi connectivity index (χ4n) is 2.57. The van der Waals surface area contributed by atoms with Gasteiger partial charge in [-0.25, -0.2) is 9.37 Å². The van der Waals surface area contributed by atoms with E-state index in [1.54, 1.807) is 17.4 Å². The second-order valence-corrected chi connectivity index (χ2v) is 6.13. The number of para-hydroxylation sites is 1. The summed E-state index contributed by atoms with van der Waals surface area (Å²) in [5.41, 5.74) is 1.86. The van der Waals surface area contributed by atoms with Gasteiger partial charge in [0.1, 0.15) is 5.82 Å². The van der Waals surface area contributed by atoms with Crippen LogP contribution in [-0.4, -0.2) is 36.1 Å². The molecule has 1 saturated heterocycles. The number of benzene rings is 1. The van der Waals surface area contributed by atoms with E-state index in [-0.39, 0.29) is 5.82 Å². The van der Waals surface area contributed by atoms with E-state index in [1.165, 1.54) is 6.07 Å². The van der Waals surface area contributed by atoms with Crippen LogP contribution in [0.5, 0.6) is 0 Å². The monoisotopic (exact) mass is 291 g/mol. The average Bonchev–Trinajstić information content (AvgIpc) is 2.86. The highest BCUT2D eigenvalue weighted by Crippen LogP contribution is 2.20. The smallest absolute Gasteiger partial charge is 0.146 e. The summed E-state index contributed by atoms with van der Waals surface area (Å²) in [4.78, 5) is 9.00. The molecule has 0 saturated carbocycles. The van der Waals surface area contributed by atoms with Crippen LogP contribution in [0.3, 0.4) is 0 Å². The number of piperazine rings is 1. The SMILES string of the molecule is Cc1nc(CN2CCN(c3ccccc3F)CC2)cs1. The Bertz CT molecular complexity index is 576. The summed E-state index contributed by atoms with van der Waals surface area (Å²) >= 11 is 1.69. The van der Waals surface area contributed by atoms with Crippen LogP contribution < -0.4 is 4.90 Å². The van der Waals surface area contributed by atoms with Gasteiger partial charge in [-0.1, -0.05) is 12.1 Å². The first-order valence-electron chi connectivity index (χ1n) is 6.85. The zero-order chi connectivity index (χ0) is 13.9. The van der Waals surface area contributed by atoms with E-state index < -0.39 is 0 Å². The molecule has 3 rings (SSSR count). The van der Waals surface area contributed by atoms with Gasteiger partial charge in [0.15, 0.2) is 0 Å². The molecule has 1 aliphatic rings. The quantitative estimate of drug-likeness (QED) is 0.867. The first-order chi connectivity index (χ1) is 9.72. The zero-order valence-electron chi connectivity index (χ0n) is 11.6. The Hall–Kier alpha value is -1.46. The van der Waals surface area contributed by atoms with Crippen LogP contribution in [-0.2, 0) is 6.54 Å². The third kappa shape index (κ3) is 2.99. The summed E-state index contributed by atoms with van der Waals surface area (Å²) in [6.07, 6.45) is 0. The van der Waals surface area contributed by atoms with Gasteiger partial charge in [-0.3, -0.25) is 4.90 Å².